The van der Waals surface area contributed by atoms with Gasteiger partial charge in [-0.15, -0.1) is 0 Å². The number of imide groups is 1. The fraction of sp³-hybridized carbons (Fsp3) is 0.500. The van der Waals surface area contributed by atoms with E-state index in [1.807, 2.05) is 0 Å². The van der Waals surface area contributed by atoms with Crippen molar-refractivity contribution in [2.75, 3.05) is 18.5 Å². The Morgan fingerprint density at radius 1 is 1.28 bits per heavy atom. The van der Waals surface area contributed by atoms with E-state index >= 15 is 0 Å². The van der Waals surface area contributed by atoms with Gasteiger partial charge in [0.2, 0.25) is 10.0 Å². The first-order chi connectivity index (χ1) is 15.0. The molecule has 1 aliphatic heterocycles. The van der Waals surface area contributed by atoms with E-state index < -0.39 is 52.5 Å². The molecular weight excluding hydrogens is 440 g/mol. The third-order valence-corrected chi connectivity index (χ3v) is 6.79. The standard InChI is InChI=1S/C20H26N4O7S/c1-2-13-6-8-20(9-7-13)18(27)24(19(28)23-20)11-17(26)31-12-16(25)22-14-4-3-5-15(10-14)32(21,29)30/h3-5,10,13H,2,6-9,11-12H2,1H3,(H,22,25)(H,23,28)(H2,21,29,30). The van der Waals surface area contributed by atoms with Gasteiger partial charge < -0.3 is 15.4 Å². The molecule has 1 spiro atoms. The van der Waals surface area contributed by atoms with E-state index in [9.17, 15) is 27.6 Å². The number of urea groups is 1. The minimum absolute atomic E-state index is 0.149. The predicted octanol–water partition coefficient (Wildman–Crippen LogP) is 0.707. The number of carbonyl (C=O) groups is 4. The zero-order chi connectivity index (χ0) is 23.5. The van der Waals surface area contributed by atoms with E-state index in [2.05, 4.69) is 17.6 Å². The quantitative estimate of drug-likeness (QED) is 0.393. The summed E-state index contributed by atoms with van der Waals surface area (Å²) in [6.45, 7) is 0.816. The lowest BCUT2D eigenvalue weighted by atomic mass is 9.75. The van der Waals surface area contributed by atoms with Crippen LogP contribution in [0.1, 0.15) is 39.0 Å². The Balaban J connectivity index is 1.51. The van der Waals surface area contributed by atoms with Crippen molar-refractivity contribution >= 4 is 39.5 Å². The highest BCUT2D eigenvalue weighted by Gasteiger charge is 2.52. The van der Waals surface area contributed by atoms with Crippen molar-refractivity contribution < 1.29 is 32.3 Å². The molecule has 4 amide bonds. The van der Waals surface area contributed by atoms with E-state index in [0.717, 1.165) is 30.2 Å². The van der Waals surface area contributed by atoms with Gasteiger partial charge in [-0.2, -0.15) is 0 Å². The first kappa shape index (κ1) is 23.7. The number of benzene rings is 1. The summed E-state index contributed by atoms with van der Waals surface area (Å²) in [7, 11) is -3.94. The molecule has 0 bridgehead atoms. The minimum atomic E-state index is -3.94. The van der Waals surface area contributed by atoms with E-state index in [1.54, 1.807) is 0 Å². The van der Waals surface area contributed by atoms with Gasteiger partial charge in [0.15, 0.2) is 6.61 Å². The van der Waals surface area contributed by atoms with Gasteiger partial charge in [-0.25, -0.2) is 18.4 Å². The molecule has 32 heavy (non-hydrogen) atoms. The molecule has 1 aromatic carbocycles. The molecular formula is C20H26N4O7S. The maximum Gasteiger partial charge on any atom is 0.326 e. The van der Waals surface area contributed by atoms with E-state index in [1.165, 1.54) is 18.2 Å². The van der Waals surface area contributed by atoms with Crippen LogP contribution in [0.15, 0.2) is 29.2 Å². The van der Waals surface area contributed by atoms with Gasteiger partial charge >= 0.3 is 12.0 Å². The molecule has 1 aromatic rings. The van der Waals surface area contributed by atoms with Crippen LogP contribution in [0.3, 0.4) is 0 Å². The average Bonchev–Trinajstić information content (AvgIpc) is 2.96. The number of hydrogen-bond donors (Lipinski definition) is 3. The van der Waals surface area contributed by atoms with Gasteiger partial charge in [0.25, 0.3) is 11.8 Å². The van der Waals surface area contributed by atoms with Crippen LogP contribution in [0.5, 0.6) is 0 Å². The molecule has 2 fully saturated rings. The van der Waals surface area contributed by atoms with E-state index in [-0.39, 0.29) is 10.6 Å². The first-order valence-electron chi connectivity index (χ1n) is 10.3. The number of amides is 4. The van der Waals surface area contributed by atoms with Crippen LogP contribution in [0.4, 0.5) is 10.5 Å². The second-order valence-corrected chi connectivity index (χ2v) is 9.60. The molecule has 0 aromatic heterocycles. The first-order valence-corrected chi connectivity index (χ1v) is 11.8. The van der Waals surface area contributed by atoms with E-state index in [0.29, 0.717) is 18.8 Å². The van der Waals surface area contributed by atoms with Crippen LogP contribution in [-0.2, 0) is 29.1 Å². The van der Waals surface area contributed by atoms with Gasteiger partial charge in [-0.05, 0) is 49.8 Å². The summed E-state index contributed by atoms with van der Waals surface area (Å²) in [5, 5.41) is 10.2. The Kier molecular flexibility index (Phi) is 6.84. The Hall–Kier alpha value is -2.99. The molecule has 2 aliphatic rings. The monoisotopic (exact) mass is 466 g/mol. The fourth-order valence-electron chi connectivity index (χ4n) is 4.01. The number of anilines is 1. The Bertz CT molecular complexity index is 1030. The van der Waals surface area contributed by atoms with Crippen molar-refractivity contribution in [3.8, 4) is 0 Å². The highest BCUT2D eigenvalue weighted by Crippen LogP contribution is 2.37. The van der Waals surface area contributed by atoms with Crippen molar-refractivity contribution in [2.24, 2.45) is 11.1 Å². The van der Waals surface area contributed by atoms with E-state index in [4.69, 9.17) is 9.88 Å². The number of nitrogens with zero attached hydrogens (tertiary/aromatic N) is 1. The van der Waals surface area contributed by atoms with Gasteiger partial charge in [0, 0.05) is 5.69 Å². The maximum atomic E-state index is 12.8. The molecule has 1 aliphatic carbocycles. The van der Waals surface area contributed by atoms with Crippen LogP contribution in [0, 0.1) is 5.92 Å². The zero-order valence-electron chi connectivity index (χ0n) is 17.6. The average molecular weight is 467 g/mol. The molecule has 3 rings (SSSR count). The SMILES string of the molecule is CCC1CCC2(CC1)NC(=O)N(CC(=O)OCC(=O)Nc1cccc(S(N)(=O)=O)c1)C2=O. The lowest BCUT2D eigenvalue weighted by Gasteiger charge is -2.34. The number of rotatable bonds is 7. The van der Waals surface area contributed by atoms with Crippen LogP contribution in [-0.4, -0.2) is 55.8 Å². The van der Waals surface area contributed by atoms with Crippen molar-refractivity contribution in [3.05, 3.63) is 24.3 Å². The number of primary sulfonamides is 1. The summed E-state index contributed by atoms with van der Waals surface area (Å²) in [5.74, 6) is -1.57. The number of ether oxygens (including phenoxy) is 1. The number of carbonyl (C=O) groups excluding carboxylic acids is 4. The smallest absolute Gasteiger partial charge is 0.326 e. The van der Waals surface area contributed by atoms with Gasteiger partial charge in [0.05, 0.1) is 4.90 Å². The number of sulfonamides is 1. The molecule has 0 unspecified atom stereocenters. The number of hydrogen-bond acceptors (Lipinski definition) is 7. The number of esters is 1. The molecule has 174 valence electrons. The molecule has 1 saturated heterocycles. The second kappa shape index (κ2) is 9.25. The summed E-state index contributed by atoms with van der Waals surface area (Å²) >= 11 is 0. The molecule has 11 nitrogen and oxygen atoms in total. The third-order valence-electron chi connectivity index (χ3n) is 5.88. The zero-order valence-corrected chi connectivity index (χ0v) is 18.4. The van der Waals surface area contributed by atoms with Gasteiger partial charge in [-0.1, -0.05) is 19.4 Å². The maximum absolute atomic E-state index is 12.8. The largest absolute Gasteiger partial charge is 0.454 e. The predicted molar refractivity (Wildman–Crippen MR) is 113 cm³/mol. The second-order valence-electron chi connectivity index (χ2n) is 8.04. The Morgan fingerprint density at radius 3 is 2.59 bits per heavy atom. The van der Waals surface area contributed by atoms with Crippen molar-refractivity contribution in [1.82, 2.24) is 10.2 Å². The van der Waals surface area contributed by atoms with Gasteiger partial charge in [-0.3, -0.25) is 19.3 Å². The van der Waals surface area contributed by atoms with Crippen LogP contribution in [0.2, 0.25) is 0 Å². The summed E-state index contributed by atoms with van der Waals surface area (Å²) in [5.41, 5.74) is -0.814. The third kappa shape index (κ3) is 5.25. The summed E-state index contributed by atoms with van der Waals surface area (Å²) < 4.78 is 27.6. The molecule has 1 heterocycles. The summed E-state index contributed by atoms with van der Waals surface area (Å²) in [6, 6.07) is 4.61. The van der Waals surface area contributed by atoms with Crippen LogP contribution in [0.25, 0.3) is 0 Å². The molecule has 0 atom stereocenters. The molecule has 1 saturated carbocycles. The fourth-order valence-corrected chi connectivity index (χ4v) is 4.57. The van der Waals surface area contributed by atoms with Crippen LogP contribution >= 0.6 is 0 Å². The normalized spacial score (nSPS) is 23.2. The van der Waals surface area contributed by atoms with Crippen molar-refractivity contribution in [1.29, 1.82) is 0 Å². The lowest BCUT2D eigenvalue weighted by Crippen LogP contribution is -2.49. The molecule has 4 N–H and O–H groups in total. The molecule has 12 heteroatoms. The molecule has 0 radical (unpaired) electrons. The minimum Gasteiger partial charge on any atom is -0.454 e. The highest BCUT2D eigenvalue weighted by atomic mass is 32.2. The Labute approximate surface area is 185 Å². The topological polar surface area (TPSA) is 165 Å². The summed E-state index contributed by atoms with van der Waals surface area (Å²) in [4.78, 5) is 49.9. The lowest BCUT2D eigenvalue weighted by molar-refractivity contribution is -0.150. The Morgan fingerprint density at radius 2 is 1.97 bits per heavy atom. The van der Waals surface area contributed by atoms with Crippen LogP contribution < -0.4 is 15.8 Å². The number of nitrogens with two attached hydrogens (primary N) is 1. The van der Waals surface area contributed by atoms with Gasteiger partial charge in [0.1, 0.15) is 12.1 Å². The number of nitrogens with one attached hydrogen (secondary N) is 2. The summed E-state index contributed by atoms with van der Waals surface area (Å²) in [6.07, 6.45) is 3.73. The van der Waals surface area contributed by atoms with Crippen molar-refractivity contribution in [3.63, 3.8) is 0 Å². The van der Waals surface area contributed by atoms with Crippen molar-refractivity contribution in [2.45, 2.75) is 49.5 Å². The highest BCUT2D eigenvalue weighted by molar-refractivity contribution is 7.89.